The Kier molecular flexibility index (Phi) is 12.7. The van der Waals surface area contributed by atoms with Crippen LogP contribution < -0.4 is 5.32 Å². The highest BCUT2D eigenvalue weighted by molar-refractivity contribution is 4.56. The highest BCUT2D eigenvalue weighted by Gasteiger charge is 2.02. The number of ether oxygens (including phenoxy) is 3. The van der Waals surface area contributed by atoms with Crippen molar-refractivity contribution in [3.8, 4) is 0 Å². The average Bonchev–Trinajstić information content (AvgIpc) is 2.30. The van der Waals surface area contributed by atoms with E-state index in [0.29, 0.717) is 39.6 Å². The van der Waals surface area contributed by atoms with Crippen molar-refractivity contribution >= 4 is 0 Å². The maximum atomic E-state index is 9.42. The Morgan fingerprint density at radius 1 is 1.12 bits per heavy atom. The van der Waals surface area contributed by atoms with E-state index in [9.17, 15) is 5.11 Å². The van der Waals surface area contributed by atoms with Crippen LogP contribution in [-0.4, -0.2) is 64.4 Å². The van der Waals surface area contributed by atoms with Crippen LogP contribution in [0.3, 0.4) is 0 Å². The Morgan fingerprint density at radius 2 is 1.88 bits per heavy atom. The van der Waals surface area contributed by atoms with Gasteiger partial charge in [-0.15, -0.1) is 0 Å². The van der Waals surface area contributed by atoms with Crippen molar-refractivity contribution in [2.75, 3.05) is 53.2 Å². The molecule has 5 heteroatoms. The minimum Gasteiger partial charge on any atom is -0.389 e. The highest BCUT2D eigenvalue weighted by Crippen LogP contribution is 1.88. The number of hydrogen-bond donors (Lipinski definition) is 2. The number of methoxy groups -OCH3 is 1. The topological polar surface area (TPSA) is 60.0 Å². The fourth-order valence-electron chi connectivity index (χ4n) is 1.10. The molecule has 0 radical (unpaired) electrons. The fraction of sp³-hybridized carbons (Fsp3) is 1.00. The van der Waals surface area contributed by atoms with Crippen LogP contribution in [0.25, 0.3) is 0 Å². The molecule has 0 heterocycles. The van der Waals surface area contributed by atoms with Crippen LogP contribution in [0.5, 0.6) is 0 Å². The molecule has 1 atom stereocenters. The second-order valence-corrected chi connectivity index (χ2v) is 3.50. The lowest BCUT2D eigenvalue weighted by atomic mass is 10.4. The molecule has 0 spiro atoms. The van der Waals surface area contributed by atoms with Crippen molar-refractivity contribution in [1.82, 2.24) is 5.32 Å². The Labute approximate surface area is 98.1 Å². The molecule has 0 amide bonds. The number of nitrogens with one attached hydrogen (secondary N) is 1. The smallest absolute Gasteiger partial charge is 0.0897 e. The molecule has 0 aliphatic heterocycles. The number of rotatable bonds is 12. The molecule has 2 N–H and O–H groups in total. The standard InChI is InChI=1S/C11H25NO4/c1-3-12-9-11(13)10-16-6-4-5-15-8-7-14-2/h11-13H,3-10H2,1-2H3. The van der Waals surface area contributed by atoms with E-state index in [1.807, 2.05) is 6.92 Å². The molecule has 98 valence electrons. The van der Waals surface area contributed by atoms with Crippen LogP contribution in [0.15, 0.2) is 0 Å². The van der Waals surface area contributed by atoms with Gasteiger partial charge < -0.3 is 24.6 Å². The quantitative estimate of drug-likeness (QED) is 0.467. The van der Waals surface area contributed by atoms with Gasteiger partial charge >= 0.3 is 0 Å². The predicted octanol–water partition coefficient (Wildman–Crippen LogP) is 0.0265. The monoisotopic (exact) mass is 235 g/mol. The Balaban J connectivity index is 3.02. The molecule has 0 aromatic carbocycles. The van der Waals surface area contributed by atoms with Crippen LogP contribution in [0.2, 0.25) is 0 Å². The Hall–Kier alpha value is -0.200. The number of aliphatic hydroxyl groups is 1. The molecule has 0 aliphatic rings. The maximum absolute atomic E-state index is 9.42. The fourth-order valence-corrected chi connectivity index (χ4v) is 1.10. The van der Waals surface area contributed by atoms with Crippen LogP contribution in [0, 0.1) is 0 Å². The first kappa shape index (κ1) is 15.8. The van der Waals surface area contributed by atoms with Crippen LogP contribution >= 0.6 is 0 Å². The van der Waals surface area contributed by atoms with Gasteiger partial charge in [-0.3, -0.25) is 0 Å². The van der Waals surface area contributed by atoms with E-state index in [1.54, 1.807) is 7.11 Å². The third kappa shape index (κ3) is 11.9. The molecular weight excluding hydrogens is 210 g/mol. The van der Waals surface area contributed by atoms with Crippen molar-refractivity contribution in [3.63, 3.8) is 0 Å². The van der Waals surface area contributed by atoms with Gasteiger partial charge in [-0.2, -0.15) is 0 Å². The van der Waals surface area contributed by atoms with Gasteiger partial charge in [0.05, 0.1) is 25.9 Å². The summed E-state index contributed by atoms with van der Waals surface area (Å²) < 4.78 is 15.4. The summed E-state index contributed by atoms with van der Waals surface area (Å²) in [4.78, 5) is 0. The Morgan fingerprint density at radius 3 is 2.56 bits per heavy atom. The van der Waals surface area contributed by atoms with Crippen LogP contribution in [0.4, 0.5) is 0 Å². The average molecular weight is 235 g/mol. The molecule has 0 fully saturated rings. The zero-order valence-corrected chi connectivity index (χ0v) is 10.4. The zero-order valence-electron chi connectivity index (χ0n) is 10.4. The van der Waals surface area contributed by atoms with E-state index >= 15 is 0 Å². The minimum absolute atomic E-state index is 0.380. The van der Waals surface area contributed by atoms with Gasteiger partial charge in [0, 0.05) is 26.9 Å². The lowest BCUT2D eigenvalue weighted by Crippen LogP contribution is -2.30. The number of hydrogen-bond acceptors (Lipinski definition) is 5. The van der Waals surface area contributed by atoms with E-state index in [2.05, 4.69) is 5.32 Å². The van der Waals surface area contributed by atoms with E-state index < -0.39 is 6.10 Å². The van der Waals surface area contributed by atoms with Crippen molar-refractivity contribution in [2.24, 2.45) is 0 Å². The van der Waals surface area contributed by atoms with Crippen molar-refractivity contribution in [1.29, 1.82) is 0 Å². The second-order valence-electron chi connectivity index (χ2n) is 3.50. The molecule has 0 rings (SSSR count). The van der Waals surface area contributed by atoms with Gasteiger partial charge in [0.2, 0.25) is 0 Å². The van der Waals surface area contributed by atoms with Crippen LogP contribution in [-0.2, 0) is 14.2 Å². The molecule has 0 aliphatic carbocycles. The van der Waals surface area contributed by atoms with Gasteiger partial charge in [-0.1, -0.05) is 6.92 Å². The Bertz CT molecular complexity index is 135. The summed E-state index contributed by atoms with van der Waals surface area (Å²) in [6.45, 7) is 6.38. The predicted molar refractivity (Wildman–Crippen MR) is 62.7 cm³/mol. The van der Waals surface area contributed by atoms with Crippen molar-refractivity contribution in [2.45, 2.75) is 19.4 Å². The van der Waals surface area contributed by atoms with Crippen LogP contribution in [0.1, 0.15) is 13.3 Å². The second kappa shape index (κ2) is 12.9. The molecule has 0 bridgehead atoms. The van der Waals surface area contributed by atoms with Gasteiger partial charge in [0.15, 0.2) is 0 Å². The molecule has 16 heavy (non-hydrogen) atoms. The van der Waals surface area contributed by atoms with Gasteiger partial charge in [-0.05, 0) is 13.0 Å². The molecule has 0 aromatic rings. The van der Waals surface area contributed by atoms with Crippen molar-refractivity contribution < 1.29 is 19.3 Å². The van der Waals surface area contributed by atoms with Crippen molar-refractivity contribution in [3.05, 3.63) is 0 Å². The largest absolute Gasteiger partial charge is 0.389 e. The third-order valence-corrected chi connectivity index (χ3v) is 1.95. The summed E-state index contributed by atoms with van der Waals surface area (Å²) in [5, 5.41) is 12.5. The summed E-state index contributed by atoms with van der Waals surface area (Å²) in [5.74, 6) is 0. The van der Waals surface area contributed by atoms with E-state index in [1.165, 1.54) is 0 Å². The van der Waals surface area contributed by atoms with Gasteiger partial charge in [0.25, 0.3) is 0 Å². The van der Waals surface area contributed by atoms with E-state index in [0.717, 1.165) is 13.0 Å². The highest BCUT2D eigenvalue weighted by atomic mass is 16.5. The van der Waals surface area contributed by atoms with Gasteiger partial charge in [-0.25, -0.2) is 0 Å². The SMILES string of the molecule is CCNCC(O)COCCCOCCOC. The first-order valence-corrected chi connectivity index (χ1v) is 5.84. The zero-order chi connectivity index (χ0) is 12.1. The summed E-state index contributed by atoms with van der Waals surface area (Å²) in [6.07, 6.45) is 0.423. The van der Waals surface area contributed by atoms with Gasteiger partial charge in [0.1, 0.15) is 0 Å². The maximum Gasteiger partial charge on any atom is 0.0897 e. The summed E-state index contributed by atoms with van der Waals surface area (Å²) in [7, 11) is 1.65. The normalized spacial score (nSPS) is 12.9. The number of likely N-dealkylation sites (N-methyl/N-ethyl adjacent to an activating group) is 1. The third-order valence-electron chi connectivity index (χ3n) is 1.95. The first-order valence-electron chi connectivity index (χ1n) is 5.84. The summed E-state index contributed by atoms with van der Waals surface area (Å²) >= 11 is 0. The number of aliphatic hydroxyl groups excluding tert-OH is 1. The molecular formula is C11H25NO4. The lowest BCUT2D eigenvalue weighted by Gasteiger charge is -2.11. The summed E-state index contributed by atoms with van der Waals surface area (Å²) in [5.41, 5.74) is 0. The van der Waals surface area contributed by atoms with E-state index in [-0.39, 0.29) is 0 Å². The summed E-state index contributed by atoms with van der Waals surface area (Å²) in [6, 6.07) is 0. The molecule has 0 aromatic heterocycles. The molecule has 0 saturated heterocycles. The minimum atomic E-state index is -0.422. The molecule has 1 unspecified atom stereocenters. The molecule has 0 saturated carbocycles. The lowest BCUT2D eigenvalue weighted by molar-refractivity contribution is 0.0193. The van der Waals surface area contributed by atoms with E-state index in [4.69, 9.17) is 14.2 Å². The molecule has 5 nitrogen and oxygen atoms in total. The first-order chi connectivity index (χ1) is 7.81.